The van der Waals surface area contributed by atoms with E-state index in [1.165, 1.54) is 19.1 Å². The Hall–Kier alpha value is -1.15. The number of benzene rings is 1. The van der Waals surface area contributed by atoms with E-state index in [9.17, 15) is 13.2 Å². The SMILES string of the molecule is CC(O)CNS(=O)(=O)c1cc2c(cc1Cl)NC(=O)C2. The fourth-order valence-corrected chi connectivity index (χ4v) is 3.44. The van der Waals surface area contributed by atoms with Crippen molar-refractivity contribution in [1.29, 1.82) is 0 Å². The summed E-state index contributed by atoms with van der Waals surface area (Å²) in [7, 11) is -3.81. The number of rotatable bonds is 4. The molecule has 1 heterocycles. The zero-order chi connectivity index (χ0) is 14.2. The van der Waals surface area contributed by atoms with E-state index in [1.807, 2.05) is 0 Å². The quantitative estimate of drug-likeness (QED) is 0.754. The van der Waals surface area contributed by atoms with E-state index in [0.717, 1.165) is 0 Å². The van der Waals surface area contributed by atoms with Gasteiger partial charge in [0.05, 0.1) is 17.5 Å². The van der Waals surface area contributed by atoms with Crippen LogP contribution in [0.15, 0.2) is 17.0 Å². The maximum absolute atomic E-state index is 12.0. The van der Waals surface area contributed by atoms with Crippen molar-refractivity contribution in [2.24, 2.45) is 0 Å². The molecule has 104 valence electrons. The van der Waals surface area contributed by atoms with Gasteiger partial charge < -0.3 is 10.4 Å². The summed E-state index contributed by atoms with van der Waals surface area (Å²) in [6.45, 7) is 1.36. The van der Waals surface area contributed by atoms with Crippen molar-refractivity contribution in [3.05, 3.63) is 22.7 Å². The van der Waals surface area contributed by atoms with Gasteiger partial charge in [-0.25, -0.2) is 13.1 Å². The van der Waals surface area contributed by atoms with Crippen LogP contribution in [0.4, 0.5) is 5.69 Å². The Bertz CT molecular complexity index is 628. The van der Waals surface area contributed by atoms with Crippen LogP contribution in [0.1, 0.15) is 12.5 Å². The number of carbonyl (C=O) groups is 1. The summed E-state index contributed by atoms with van der Waals surface area (Å²) in [4.78, 5) is 11.1. The Balaban J connectivity index is 2.36. The Morgan fingerprint density at radius 2 is 2.21 bits per heavy atom. The molecule has 1 aliphatic rings. The van der Waals surface area contributed by atoms with Gasteiger partial charge in [0.15, 0.2) is 0 Å². The Kier molecular flexibility index (Phi) is 3.82. The molecule has 1 atom stereocenters. The highest BCUT2D eigenvalue weighted by molar-refractivity contribution is 7.89. The van der Waals surface area contributed by atoms with E-state index in [0.29, 0.717) is 11.3 Å². The fourth-order valence-electron chi connectivity index (χ4n) is 1.74. The minimum Gasteiger partial charge on any atom is -0.392 e. The van der Waals surface area contributed by atoms with Gasteiger partial charge in [0, 0.05) is 12.2 Å². The van der Waals surface area contributed by atoms with E-state index in [2.05, 4.69) is 10.0 Å². The van der Waals surface area contributed by atoms with E-state index in [-0.39, 0.29) is 28.8 Å². The first kappa shape index (κ1) is 14.3. The molecule has 1 aromatic carbocycles. The van der Waals surface area contributed by atoms with Gasteiger partial charge in [0.1, 0.15) is 4.90 Å². The first-order chi connectivity index (χ1) is 8.79. The van der Waals surface area contributed by atoms with Gasteiger partial charge in [-0.3, -0.25) is 4.79 Å². The number of amides is 1. The first-order valence-corrected chi connectivity index (χ1v) is 7.45. The molecule has 1 amide bonds. The number of hydrogen-bond acceptors (Lipinski definition) is 4. The number of aliphatic hydroxyl groups excluding tert-OH is 1. The highest BCUT2D eigenvalue weighted by Gasteiger charge is 2.25. The topological polar surface area (TPSA) is 95.5 Å². The number of halogens is 1. The summed E-state index contributed by atoms with van der Waals surface area (Å²) < 4.78 is 26.3. The molecule has 0 spiro atoms. The molecule has 1 aromatic rings. The van der Waals surface area contributed by atoms with Crippen molar-refractivity contribution >= 4 is 33.2 Å². The minimum absolute atomic E-state index is 0.0269. The largest absolute Gasteiger partial charge is 0.392 e. The molecule has 0 saturated carbocycles. The Morgan fingerprint density at radius 1 is 1.53 bits per heavy atom. The molecule has 0 aromatic heterocycles. The molecule has 0 aliphatic carbocycles. The summed E-state index contributed by atoms with van der Waals surface area (Å²) in [5.41, 5.74) is 1.12. The van der Waals surface area contributed by atoms with Crippen LogP contribution in [-0.2, 0) is 21.2 Å². The van der Waals surface area contributed by atoms with Gasteiger partial charge in [-0.05, 0) is 24.6 Å². The molecular weight excluding hydrogens is 292 g/mol. The summed E-state index contributed by atoms with van der Waals surface area (Å²) in [6, 6.07) is 2.79. The smallest absolute Gasteiger partial charge is 0.242 e. The van der Waals surface area contributed by atoms with Gasteiger partial charge >= 0.3 is 0 Å². The summed E-state index contributed by atoms with van der Waals surface area (Å²) in [5, 5.41) is 11.7. The lowest BCUT2D eigenvalue weighted by molar-refractivity contribution is -0.115. The van der Waals surface area contributed by atoms with Crippen molar-refractivity contribution < 1.29 is 18.3 Å². The number of nitrogens with one attached hydrogen (secondary N) is 2. The third-order valence-electron chi connectivity index (χ3n) is 2.64. The molecule has 19 heavy (non-hydrogen) atoms. The summed E-state index contributed by atoms with van der Waals surface area (Å²) >= 11 is 5.92. The predicted octanol–water partition coefficient (Wildman–Crippen LogP) is 0.494. The number of carbonyl (C=O) groups excluding carboxylic acids is 1. The third kappa shape index (κ3) is 3.06. The molecule has 2 rings (SSSR count). The highest BCUT2D eigenvalue weighted by atomic mass is 35.5. The maximum Gasteiger partial charge on any atom is 0.242 e. The van der Waals surface area contributed by atoms with Gasteiger partial charge in [-0.1, -0.05) is 11.6 Å². The van der Waals surface area contributed by atoms with Crippen LogP contribution in [0, 0.1) is 0 Å². The number of fused-ring (bicyclic) bond motifs is 1. The molecule has 0 fully saturated rings. The van der Waals surface area contributed by atoms with Gasteiger partial charge in [0.2, 0.25) is 15.9 Å². The molecular formula is C11H13ClN2O4S. The number of hydrogen-bond donors (Lipinski definition) is 3. The van der Waals surface area contributed by atoms with E-state index < -0.39 is 16.1 Å². The second-order valence-electron chi connectivity index (χ2n) is 4.37. The van der Waals surface area contributed by atoms with E-state index in [1.54, 1.807) is 0 Å². The van der Waals surface area contributed by atoms with Crippen LogP contribution in [0.3, 0.4) is 0 Å². The number of sulfonamides is 1. The van der Waals surface area contributed by atoms with Crippen LogP contribution in [0.5, 0.6) is 0 Å². The zero-order valence-electron chi connectivity index (χ0n) is 10.1. The summed E-state index contributed by atoms with van der Waals surface area (Å²) in [5.74, 6) is -0.197. The lowest BCUT2D eigenvalue weighted by Crippen LogP contribution is -2.30. The monoisotopic (exact) mass is 304 g/mol. The molecule has 3 N–H and O–H groups in total. The van der Waals surface area contributed by atoms with Crippen LogP contribution in [0.25, 0.3) is 0 Å². The molecule has 0 saturated heterocycles. The van der Waals surface area contributed by atoms with Crippen LogP contribution in [-0.4, -0.2) is 32.1 Å². The second-order valence-corrected chi connectivity index (χ2v) is 6.51. The summed E-state index contributed by atoms with van der Waals surface area (Å²) in [6.07, 6.45) is -0.669. The number of anilines is 1. The van der Waals surface area contributed by atoms with Crippen LogP contribution >= 0.6 is 11.6 Å². The molecule has 6 nitrogen and oxygen atoms in total. The van der Waals surface area contributed by atoms with Crippen molar-refractivity contribution in [3.8, 4) is 0 Å². The van der Waals surface area contributed by atoms with E-state index >= 15 is 0 Å². The minimum atomic E-state index is -3.81. The molecule has 8 heteroatoms. The van der Waals surface area contributed by atoms with Crippen molar-refractivity contribution in [2.75, 3.05) is 11.9 Å². The first-order valence-electron chi connectivity index (χ1n) is 5.59. The normalized spacial score (nSPS) is 16.1. The molecule has 0 bridgehead atoms. The van der Waals surface area contributed by atoms with Gasteiger partial charge in [-0.2, -0.15) is 0 Å². The average Bonchev–Trinajstić information content (AvgIpc) is 2.64. The fraction of sp³-hybridized carbons (Fsp3) is 0.364. The van der Waals surface area contributed by atoms with Crippen molar-refractivity contribution in [1.82, 2.24) is 4.72 Å². The zero-order valence-corrected chi connectivity index (χ0v) is 11.7. The highest BCUT2D eigenvalue weighted by Crippen LogP contribution is 2.32. The van der Waals surface area contributed by atoms with Crippen LogP contribution in [0.2, 0.25) is 5.02 Å². The Morgan fingerprint density at radius 3 is 2.84 bits per heavy atom. The van der Waals surface area contributed by atoms with E-state index in [4.69, 9.17) is 16.7 Å². The van der Waals surface area contributed by atoms with Crippen molar-refractivity contribution in [2.45, 2.75) is 24.3 Å². The van der Waals surface area contributed by atoms with Crippen LogP contribution < -0.4 is 10.0 Å². The Labute approximate surface area is 115 Å². The molecule has 1 aliphatic heterocycles. The predicted molar refractivity (Wildman–Crippen MR) is 70.7 cm³/mol. The second kappa shape index (κ2) is 5.09. The standard InChI is InChI=1S/C11H13ClN2O4S/c1-6(15)5-13-19(17,18)10-2-7-3-11(16)14-9(7)4-8(10)12/h2,4,6,13,15H,3,5H2,1H3,(H,14,16). The molecule has 1 unspecified atom stereocenters. The third-order valence-corrected chi connectivity index (χ3v) is 4.53. The van der Waals surface area contributed by atoms with Crippen molar-refractivity contribution in [3.63, 3.8) is 0 Å². The maximum atomic E-state index is 12.0. The molecule has 0 radical (unpaired) electrons. The average molecular weight is 305 g/mol. The van der Waals surface area contributed by atoms with Gasteiger partial charge in [0.25, 0.3) is 0 Å². The number of aliphatic hydroxyl groups is 1. The van der Waals surface area contributed by atoms with Gasteiger partial charge in [-0.15, -0.1) is 0 Å². The lowest BCUT2D eigenvalue weighted by atomic mass is 10.2. The lowest BCUT2D eigenvalue weighted by Gasteiger charge is -2.11.